The summed E-state index contributed by atoms with van der Waals surface area (Å²) < 4.78 is 0. The zero-order valence-electron chi connectivity index (χ0n) is 16.9. The molecule has 0 bridgehead atoms. The second-order valence-electron chi connectivity index (χ2n) is 8.68. The second kappa shape index (κ2) is 8.60. The molecule has 0 aromatic carbocycles. The average molecular weight is 385 g/mol. The van der Waals surface area contributed by atoms with Gasteiger partial charge in [-0.15, -0.1) is 0 Å². The van der Waals surface area contributed by atoms with Gasteiger partial charge in [0, 0.05) is 50.5 Å². The predicted octanol–water partition coefficient (Wildman–Crippen LogP) is 2.12. The van der Waals surface area contributed by atoms with Gasteiger partial charge in [0.25, 0.3) is 0 Å². The summed E-state index contributed by atoms with van der Waals surface area (Å²) in [5, 5.41) is 3.13. The summed E-state index contributed by atoms with van der Waals surface area (Å²) in [6.45, 7) is 6.29. The first-order valence-corrected chi connectivity index (χ1v) is 10.8. The third kappa shape index (κ3) is 4.54. The predicted molar refractivity (Wildman–Crippen MR) is 107 cm³/mol. The lowest BCUT2D eigenvalue weighted by atomic mass is 9.93. The third-order valence-corrected chi connectivity index (χ3v) is 6.63. The van der Waals surface area contributed by atoms with E-state index in [1.807, 2.05) is 19.2 Å². The maximum Gasteiger partial charge on any atom is 0.225 e. The highest BCUT2D eigenvalue weighted by molar-refractivity contribution is 5.81. The van der Waals surface area contributed by atoms with Crippen molar-refractivity contribution >= 4 is 11.8 Å². The monoisotopic (exact) mass is 384 g/mol. The molecular weight excluding hydrogens is 352 g/mol. The topological polar surface area (TPSA) is 65.5 Å². The summed E-state index contributed by atoms with van der Waals surface area (Å²) in [5.41, 5.74) is 2.24. The molecule has 6 heteroatoms. The molecule has 0 radical (unpaired) electrons. The summed E-state index contributed by atoms with van der Waals surface area (Å²) in [6.07, 6.45) is 9.92. The highest BCUT2D eigenvalue weighted by Gasteiger charge is 2.37. The number of hydrogen-bond acceptors (Lipinski definition) is 4. The van der Waals surface area contributed by atoms with E-state index in [0.29, 0.717) is 24.4 Å². The van der Waals surface area contributed by atoms with E-state index in [1.54, 1.807) is 6.20 Å². The first-order valence-electron chi connectivity index (χ1n) is 10.8. The smallest absolute Gasteiger partial charge is 0.225 e. The molecule has 2 aliphatic heterocycles. The van der Waals surface area contributed by atoms with Crippen molar-refractivity contribution in [3.8, 4) is 0 Å². The molecule has 0 spiro atoms. The lowest BCUT2D eigenvalue weighted by molar-refractivity contribution is -0.134. The fraction of sp³-hybridized carbons (Fsp3) is 0.682. The van der Waals surface area contributed by atoms with Crippen LogP contribution in [0.4, 0.5) is 0 Å². The number of piperidine rings is 2. The number of hydrogen-bond donors (Lipinski definition) is 1. The van der Waals surface area contributed by atoms with Gasteiger partial charge in [-0.3, -0.25) is 19.5 Å². The first kappa shape index (κ1) is 19.4. The Morgan fingerprint density at radius 3 is 2.61 bits per heavy atom. The highest BCUT2D eigenvalue weighted by Crippen LogP contribution is 2.32. The Bertz CT molecular complexity index is 710. The molecule has 1 N–H and O–H groups in total. The molecule has 3 fully saturated rings. The lowest BCUT2D eigenvalue weighted by Gasteiger charge is -2.42. The zero-order chi connectivity index (χ0) is 19.5. The van der Waals surface area contributed by atoms with Gasteiger partial charge in [-0.1, -0.05) is 0 Å². The van der Waals surface area contributed by atoms with Crippen molar-refractivity contribution in [1.29, 1.82) is 0 Å². The number of nitrogens with zero attached hydrogens (tertiary/aromatic N) is 3. The Morgan fingerprint density at radius 1 is 1.11 bits per heavy atom. The normalized spacial score (nSPS) is 24.2. The highest BCUT2D eigenvalue weighted by atomic mass is 16.2. The molecule has 1 saturated carbocycles. The minimum Gasteiger partial charge on any atom is -0.352 e. The number of aryl methyl sites for hydroxylation is 1. The Hall–Kier alpha value is -1.95. The molecule has 4 rings (SSSR count). The number of amides is 2. The van der Waals surface area contributed by atoms with E-state index in [9.17, 15) is 9.59 Å². The number of nitrogens with one attached hydrogen (secondary N) is 1. The number of carbonyl (C=O) groups excluding carboxylic acids is 2. The summed E-state index contributed by atoms with van der Waals surface area (Å²) in [6, 6.07) is 2.49. The number of likely N-dealkylation sites (tertiary alicyclic amines) is 2. The average Bonchev–Trinajstić information content (AvgIpc) is 3.58. The number of aromatic nitrogens is 1. The van der Waals surface area contributed by atoms with Crippen molar-refractivity contribution < 1.29 is 9.59 Å². The maximum atomic E-state index is 12.7. The SMILES string of the molecule is Cc1cnccc1CNC(=O)[C@H]1CCCN(C2CCN(C(=O)C3CC3)CC2)C1. The molecule has 1 aromatic heterocycles. The summed E-state index contributed by atoms with van der Waals surface area (Å²) in [4.78, 5) is 33.7. The van der Waals surface area contributed by atoms with E-state index in [-0.39, 0.29) is 11.8 Å². The van der Waals surface area contributed by atoms with Crippen LogP contribution in [0.25, 0.3) is 0 Å². The van der Waals surface area contributed by atoms with E-state index >= 15 is 0 Å². The summed E-state index contributed by atoms with van der Waals surface area (Å²) in [5.74, 6) is 0.939. The van der Waals surface area contributed by atoms with E-state index in [0.717, 1.165) is 75.8 Å². The molecule has 1 aromatic rings. The van der Waals surface area contributed by atoms with Gasteiger partial charge in [0.1, 0.15) is 0 Å². The molecule has 3 aliphatic rings. The summed E-state index contributed by atoms with van der Waals surface area (Å²) >= 11 is 0. The van der Waals surface area contributed by atoms with Gasteiger partial charge in [0.2, 0.25) is 11.8 Å². The second-order valence-corrected chi connectivity index (χ2v) is 8.68. The van der Waals surface area contributed by atoms with Gasteiger partial charge >= 0.3 is 0 Å². The van der Waals surface area contributed by atoms with Gasteiger partial charge in [0.05, 0.1) is 5.92 Å². The lowest BCUT2D eigenvalue weighted by Crippen LogP contribution is -2.51. The van der Waals surface area contributed by atoms with Gasteiger partial charge in [-0.25, -0.2) is 0 Å². The number of rotatable bonds is 5. The van der Waals surface area contributed by atoms with Crippen molar-refractivity contribution in [3.63, 3.8) is 0 Å². The molecule has 1 atom stereocenters. The maximum absolute atomic E-state index is 12.7. The van der Waals surface area contributed by atoms with Crippen molar-refractivity contribution in [2.45, 2.75) is 58.0 Å². The van der Waals surface area contributed by atoms with E-state index in [4.69, 9.17) is 0 Å². The van der Waals surface area contributed by atoms with E-state index in [1.165, 1.54) is 0 Å². The van der Waals surface area contributed by atoms with Crippen LogP contribution in [-0.4, -0.2) is 58.8 Å². The molecule has 152 valence electrons. The fourth-order valence-corrected chi connectivity index (χ4v) is 4.62. The number of pyridine rings is 1. The van der Waals surface area contributed by atoms with Crippen LogP contribution in [0, 0.1) is 18.8 Å². The van der Waals surface area contributed by atoms with Crippen LogP contribution < -0.4 is 5.32 Å². The van der Waals surface area contributed by atoms with Crippen molar-refractivity contribution in [3.05, 3.63) is 29.6 Å². The molecular formula is C22H32N4O2. The molecule has 1 aliphatic carbocycles. The standard InChI is InChI=1S/C22H32N4O2/c1-16-13-23-9-6-18(16)14-24-21(27)19-3-2-10-26(15-19)20-7-11-25(12-8-20)22(28)17-4-5-17/h6,9,13,17,19-20H,2-5,7-8,10-12,14-15H2,1H3,(H,24,27)/t19-/m0/s1. The Labute approximate surface area is 167 Å². The van der Waals surface area contributed by atoms with Crippen LogP contribution in [0.15, 0.2) is 18.5 Å². The molecule has 28 heavy (non-hydrogen) atoms. The molecule has 6 nitrogen and oxygen atoms in total. The van der Waals surface area contributed by atoms with E-state index in [2.05, 4.69) is 20.1 Å². The minimum atomic E-state index is 0.0713. The fourth-order valence-electron chi connectivity index (χ4n) is 4.62. The molecule has 0 unspecified atom stereocenters. The van der Waals surface area contributed by atoms with Crippen LogP contribution in [0.5, 0.6) is 0 Å². The molecule has 2 amide bonds. The van der Waals surface area contributed by atoms with Gasteiger partial charge in [-0.05, 0) is 69.2 Å². The Kier molecular flexibility index (Phi) is 5.95. The first-order chi connectivity index (χ1) is 13.6. The molecule has 2 saturated heterocycles. The van der Waals surface area contributed by atoms with Crippen LogP contribution in [0.1, 0.15) is 49.7 Å². The zero-order valence-corrected chi connectivity index (χ0v) is 16.9. The van der Waals surface area contributed by atoms with Gasteiger partial charge < -0.3 is 10.2 Å². The van der Waals surface area contributed by atoms with Crippen LogP contribution in [0.3, 0.4) is 0 Å². The minimum absolute atomic E-state index is 0.0713. The van der Waals surface area contributed by atoms with Gasteiger partial charge in [-0.2, -0.15) is 0 Å². The summed E-state index contributed by atoms with van der Waals surface area (Å²) in [7, 11) is 0. The van der Waals surface area contributed by atoms with E-state index < -0.39 is 0 Å². The van der Waals surface area contributed by atoms with Crippen molar-refractivity contribution in [2.24, 2.45) is 11.8 Å². The van der Waals surface area contributed by atoms with Crippen LogP contribution in [0.2, 0.25) is 0 Å². The quantitative estimate of drug-likeness (QED) is 0.845. The van der Waals surface area contributed by atoms with Crippen LogP contribution >= 0.6 is 0 Å². The Morgan fingerprint density at radius 2 is 1.89 bits per heavy atom. The largest absolute Gasteiger partial charge is 0.352 e. The van der Waals surface area contributed by atoms with Crippen molar-refractivity contribution in [2.75, 3.05) is 26.2 Å². The van der Waals surface area contributed by atoms with Gasteiger partial charge in [0.15, 0.2) is 0 Å². The third-order valence-electron chi connectivity index (χ3n) is 6.63. The van der Waals surface area contributed by atoms with Crippen molar-refractivity contribution in [1.82, 2.24) is 20.1 Å². The molecule has 3 heterocycles. The number of carbonyl (C=O) groups is 2. The van der Waals surface area contributed by atoms with Crippen LogP contribution in [-0.2, 0) is 16.1 Å². The Balaban J connectivity index is 1.25.